The molecular formula is C25H26N2O4. The Morgan fingerprint density at radius 3 is 2.29 bits per heavy atom. The molecule has 0 saturated heterocycles. The number of hydrogen-bond donors (Lipinski definition) is 1. The van der Waals surface area contributed by atoms with E-state index in [9.17, 15) is 9.59 Å². The molecule has 3 aromatic carbocycles. The van der Waals surface area contributed by atoms with Crippen LogP contribution < -0.4 is 19.7 Å². The quantitative estimate of drug-likeness (QED) is 0.572. The molecular weight excluding hydrogens is 392 g/mol. The second kappa shape index (κ2) is 10.3. The van der Waals surface area contributed by atoms with E-state index in [1.165, 1.54) is 0 Å². The molecule has 2 amide bonds. The van der Waals surface area contributed by atoms with Gasteiger partial charge in [0.1, 0.15) is 0 Å². The van der Waals surface area contributed by atoms with Gasteiger partial charge in [0.25, 0.3) is 11.8 Å². The van der Waals surface area contributed by atoms with Crippen LogP contribution in [-0.4, -0.2) is 31.6 Å². The summed E-state index contributed by atoms with van der Waals surface area (Å²) in [6.45, 7) is 4.11. The highest BCUT2D eigenvalue weighted by molar-refractivity contribution is 6.07. The van der Waals surface area contributed by atoms with Crippen molar-refractivity contribution in [2.75, 3.05) is 23.9 Å². The molecule has 0 aliphatic rings. The highest BCUT2D eigenvalue weighted by Gasteiger charge is 2.19. The summed E-state index contributed by atoms with van der Waals surface area (Å²) in [6, 6.07) is 23.5. The summed E-state index contributed by atoms with van der Waals surface area (Å²) >= 11 is 0. The van der Waals surface area contributed by atoms with Crippen LogP contribution in [0.15, 0.2) is 78.9 Å². The van der Waals surface area contributed by atoms with Crippen molar-refractivity contribution in [2.45, 2.75) is 20.0 Å². The fourth-order valence-corrected chi connectivity index (χ4v) is 3.14. The van der Waals surface area contributed by atoms with Gasteiger partial charge < -0.3 is 19.7 Å². The van der Waals surface area contributed by atoms with Crippen LogP contribution in [-0.2, 0) is 4.79 Å². The lowest BCUT2D eigenvalue weighted by molar-refractivity contribution is -0.122. The van der Waals surface area contributed by atoms with Gasteiger partial charge in [-0.05, 0) is 56.3 Å². The first kappa shape index (κ1) is 21.9. The Morgan fingerprint density at radius 1 is 0.935 bits per heavy atom. The third kappa shape index (κ3) is 5.42. The van der Waals surface area contributed by atoms with E-state index in [0.29, 0.717) is 29.3 Å². The first-order chi connectivity index (χ1) is 15.0. The van der Waals surface area contributed by atoms with Crippen molar-refractivity contribution in [1.29, 1.82) is 0 Å². The van der Waals surface area contributed by atoms with Gasteiger partial charge in [0.15, 0.2) is 17.6 Å². The highest BCUT2D eigenvalue weighted by atomic mass is 16.5. The first-order valence-electron chi connectivity index (χ1n) is 10.1. The number of amides is 2. The second-order valence-corrected chi connectivity index (χ2v) is 6.87. The summed E-state index contributed by atoms with van der Waals surface area (Å²) in [4.78, 5) is 27.4. The third-order valence-corrected chi connectivity index (χ3v) is 4.75. The average molecular weight is 418 g/mol. The Hall–Kier alpha value is -3.80. The Bertz CT molecular complexity index is 1040. The van der Waals surface area contributed by atoms with Crippen LogP contribution in [0.3, 0.4) is 0 Å². The predicted molar refractivity (Wildman–Crippen MR) is 122 cm³/mol. The zero-order valence-electron chi connectivity index (χ0n) is 17.9. The number of hydrogen-bond acceptors (Lipinski definition) is 4. The summed E-state index contributed by atoms with van der Waals surface area (Å²) in [5, 5.41) is 2.82. The van der Waals surface area contributed by atoms with Gasteiger partial charge in [0.05, 0.1) is 7.11 Å². The molecule has 1 N–H and O–H groups in total. The van der Waals surface area contributed by atoms with E-state index in [2.05, 4.69) is 5.32 Å². The maximum absolute atomic E-state index is 13.0. The molecule has 0 radical (unpaired) electrons. The molecule has 3 rings (SSSR count). The van der Waals surface area contributed by atoms with Gasteiger partial charge in [-0.15, -0.1) is 0 Å². The molecule has 1 atom stereocenters. The van der Waals surface area contributed by atoms with E-state index in [-0.39, 0.29) is 11.8 Å². The monoisotopic (exact) mass is 418 g/mol. The number of methoxy groups -OCH3 is 1. The topological polar surface area (TPSA) is 67.9 Å². The van der Waals surface area contributed by atoms with Crippen LogP contribution in [0.1, 0.15) is 24.2 Å². The molecule has 6 heteroatoms. The fourth-order valence-electron chi connectivity index (χ4n) is 3.14. The summed E-state index contributed by atoms with van der Waals surface area (Å²) < 4.78 is 11.0. The summed E-state index contributed by atoms with van der Waals surface area (Å²) in [5.41, 5.74) is 1.83. The van der Waals surface area contributed by atoms with Crippen molar-refractivity contribution in [3.63, 3.8) is 0 Å². The van der Waals surface area contributed by atoms with Crippen LogP contribution in [0.5, 0.6) is 11.5 Å². The number of para-hydroxylation sites is 3. The lowest BCUT2D eigenvalue weighted by atomic mass is 10.1. The van der Waals surface area contributed by atoms with Gasteiger partial charge in [0.2, 0.25) is 0 Å². The minimum Gasteiger partial charge on any atom is -0.493 e. The predicted octanol–water partition coefficient (Wildman–Crippen LogP) is 4.77. The number of ether oxygens (including phenoxy) is 2. The zero-order chi connectivity index (χ0) is 22.2. The van der Waals surface area contributed by atoms with Crippen LogP contribution in [0.4, 0.5) is 11.4 Å². The van der Waals surface area contributed by atoms with Crippen LogP contribution in [0, 0.1) is 0 Å². The Kier molecular flexibility index (Phi) is 7.27. The Balaban J connectivity index is 1.71. The van der Waals surface area contributed by atoms with Crippen LogP contribution in [0.2, 0.25) is 0 Å². The van der Waals surface area contributed by atoms with Crippen molar-refractivity contribution in [3.8, 4) is 11.5 Å². The largest absolute Gasteiger partial charge is 0.493 e. The molecule has 3 aromatic rings. The van der Waals surface area contributed by atoms with Crippen molar-refractivity contribution in [1.82, 2.24) is 0 Å². The first-order valence-corrected chi connectivity index (χ1v) is 10.1. The number of nitrogens with one attached hydrogen (secondary N) is 1. The number of rotatable bonds is 8. The number of carbonyl (C=O) groups excluding carboxylic acids is 2. The standard InChI is InChI=1S/C25H26N2O4/c1-4-27(21-13-6-5-7-14-21)25(29)19-11-10-12-20(17-19)26-24(28)18(2)31-23-16-9-8-15-22(23)30-3/h5-18H,4H2,1-3H3,(H,26,28). The van der Waals surface area contributed by atoms with E-state index in [0.717, 1.165) is 5.69 Å². The van der Waals surface area contributed by atoms with E-state index >= 15 is 0 Å². The van der Waals surface area contributed by atoms with E-state index in [4.69, 9.17) is 9.47 Å². The molecule has 0 aromatic heterocycles. The molecule has 1 unspecified atom stereocenters. The number of carbonyl (C=O) groups is 2. The average Bonchev–Trinajstić information content (AvgIpc) is 2.80. The number of anilines is 2. The molecule has 0 saturated carbocycles. The van der Waals surface area contributed by atoms with Crippen molar-refractivity contribution < 1.29 is 19.1 Å². The molecule has 0 aliphatic heterocycles. The SMILES string of the molecule is CCN(C(=O)c1cccc(NC(=O)C(C)Oc2ccccc2OC)c1)c1ccccc1. The molecule has 0 fully saturated rings. The van der Waals surface area contributed by atoms with Crippen LogP contribution in [0.25, 0.3) is 0 Å². The maximum atomic E-state index is 13.0. The molecule has 160 valence electrons. The van der Waals surface area contributed by atoms with Gasteiger partial charge in [-0.25, -0.2) is 0 Å². The number of benzene rings is 3. The van der Waals surface area contributed by atoms with Crippen LogP contribution >= 0.6 is 0 Å². The lowest BCUT2D eigenvalue weighted by Gasteiger charge is -2.21. The van der Waals surface area contributed by atoms with E-state index in [1.807, 2.05) is 49.4 Å². The molecule has 31 heavy (non-hydrogen) atoms. The summed E-state index contributed by atoms with van der Waals surface area (Å²) in [5.74, 6) is 0.572. The Morgan fingerprint density at radius 2 is 1.61 bits per heavy atom. The molecule has 6 nitrogen and oxygen atoms in total. The van der Waals surface area contributed by atoms with Crippen molar-refractivity contribution in [2.24, 2.45) is 0 Å². The molecule has 0 spiro atoms. The van der Waals surface area contributed by atoms with Crippen molar-refractivity contribution in [3.05, 3.63) is 84.4 Å². The summed E-state index contributed by atoms with van der Waals surface area (Å²) in [6.07, 6.45) is -0.757. The summed E-state index contributed by atoms with van der Waals surface area (Å²) in [7, 11) is 1.55. The third-order valence-electron chi connectivity index (χ3n) is 4.75. The van der Waals surface area contributed by atoms with E-state index < -0.39 is 6.10 Å². The number of nitrogens with zero attached hydrogens (tertiary/aromatic N) is 1. The lowest BCUT2D eigenvalue weighted by Crippen LogP contribution is -2.31. The van der Waals surface area contributed by atoms with Gasteiger partial charge in [-0.1, -0.05) is 36.4 Å². The molecule has 0 aliphatic carbocycles. The highest BCUT2D eigenvalue weighted by Crippen LogP contribution is 2.27. The van der Waals surface area contributed by atoms with Gasteiger partial charge >= 0.3 is 0 Å². The van der Waals surface area contributed by atoms with Gasteiger partial charge in [-0.3, -0.25) is 9.59 Å². The van der Waals surface area contributed by atoms with Gasteiger partial charge in [-0.2, -0.15) is 0 Å². The fraction of sp³-hybridized carbons (Fsp3) is 0.200. The van der Waals surface area contributed by atoms with Gasteiger partial charge in [0, 0.05) is 23.5 Å². The van der Waals surface area contributed by atoms with E-state index in [1.54, 1.807) is 55.3 Å². The smallest absolute Gasteiger partial charge is 0.265 e. The second-order valence-electron chi connectivity index (χ2n) is 6.87. The van der Waals surface area contributed by atoms with Crippen molar-refractivity contribution >= 4 is 23.2 Å². The minimum absolute atomic E-state index is 0.136. The normalized spacial score (nSPS) is 11.3. The molecule has 0 bridgehead atoms. The maximum Gasteiger partial charge on any atom is 0.265 e. The Labute approximate surface area is 182 Å². The minimum atomic E-state index is -0.757. The molecule has 0 heterocycles. The zero-order valence-corrected chi connectivity index (χ0v) is 17.9.